The maximum absolute atomic E-state index is 11.7. The van der Waals surface area contributed by atoms with E-state index in [1.807, 2.05) is 0 Å². The van der Waals surface area contributed by atoms with Gasteiger partial charge in [0.15, 0.2) is 0 Å². The number of fused-ring (bicyclic) bond motifs is 2. The van der Waals surface area contributed by atoms with Gasteiger partial charge in [-0.2, -0.15) is 0 Å². The fourth-order valence-electron chi connectivity index (χ4n) is 4.96. The maximum atomic E-state index is 11.7. The smallest absolute Gasteiger partial charge is 0.335 e. The van der Waals surface area contributed by atoms with Gasteiger partial charge < -0.3 is 19.8 Å². The highest BCUT2D eigenvalue weighted by atomic mass is 16.5. The average Bonchev–Trinajstić information content (AvgIpc) is 2.78. The van der Waals surface area contributed by atoms with Gasteiger partial charge in [0.1, 0.15) is 5.75 Å². The SMILES string of the molecule is C=C[C@H](O)[C@@H]1CC[C@H]1CN1CCc2ccccc2CCCCOc2ccc(C(=O)O)cc21. The van der Waals surface area contributed by atoms with Crippen molar-refractivity contribution < 1.29 is 19.7 Å². The number of hydrogen-bond donors (Lipinski definition) is 2. The summed E-state index contributed by atoms with van der Waals surface area (Å²) in [6.07, 6.45) is 7.11. The summed E-state index contributed by atoms with van der Waals surface area (Å²) >= 11 is 0. The molecule has 5 nitrogen and oxygen atoms in total. The molecule has 3 atom stereocenters. The molecule has 4 rings (SSSR count). The summed E-state index contributed by atoms with van der Waals surface area (Å²) in [5.41, 5.74) is 3.84. The van der Waals surface area contributed by atoms with Crippen molar-refractivity contribution in [1.82, 2.24) is 0 Å². The Hall–Kier alpha value is -2.79. The normalized spacial score (nSPS) is 22.1. The lowest BCUT2D eigenvalue weighted by Gasteiger charge is -2.42. The number of ether oxygens (including phenoxy) is 1. The minimum absolute atomic E-state index is 0.202. The molecule has 0 aromatic heterocycles. The number of hydrogen-bond acceptors (Lipinski definition) is 4. The third-order valence-electron chi connectivity index (χ3n) is 7.03. The zero-order valence-corrected chi connectivity index (χ0v) is 18.6. The van der Waals surface area contributed by atoms with Crippen molar-refractivity contribution >= 4 is 11.7 Å². The van der Waals surface area contributed by atoms with Crippen LogP contribution in [0.5, 0.6) is 5.75 Å². The van der Waals surface area contributed by atoms with Gasteiger partial charge in [0.2, 0.25) is 0 Å². The van der Waals surface area contributed by atoms with Crippen LogP contribution in [0.15, 0.2) is 55.1 Å². The number of carbonyl (C=O) groups is 1. The molecule has 2 aromatic carbocycles. The Bertz CT molecular complexity index is 956. The minimum Gasteiger partial charge on any atom is -0.491 e. The molecule has 2 aromatic rings. The second-order valence-electron chi connectivity index (χ2n) is 8.99. The van der Waals surface area contributed by atoms with Gasteiger partial charge >= 0.3 is 5.97 Å². The number of rotatable bonds is 5. The molecule has 2 aliphatic rings. The second kappa shape index (κ2) is 10.2. The van der Waals surface area contributed by atoms with Gasteiger partial charge in [0.25, 0.3) is 0 Å². The second-order valence-corrected chi connectivity index (χ2v) is 8.99. The third-order valence-corrected chi connectivity index (χ3v) is 7.03. The summed E-state index contributed by atoms with van der Waals surface area (Å²) in [6.45, 7) is 5.89. The number of aliphatic hydroxyl groups excluding tert-OH is 1. The molecule has 1 saturated carbocycles. The standard InChI is InChI=1S/C27H33NO4/c1-2-25(29)23-12-10-22(23)18-28-15-14-20-8-4-3-7-19(20)9-5-6-16-32-26-13-11-21(27(30)31)17-24(26)28/h2-4,7-8,11,13,17,22-23,25,29H,1,5-6,9-10,12,14-16,18H2,(H,30,31)/t22-,23+,25-/m0/s1. The van der Waals surface area contributed by atoms with E-state index in [1.165, 1.54) is 11.1 Å². The van der Waals surface area contributed by atoms with Crippen molar-refractivity contribution in [3.05, 3.63) is 71.8 Å². The van der Waals surface area contributed by atoms with Crippen LogP contribution in [0.1, 0.15) is 47.2 Å². The summed E-state index contributed by atoms with van der Waals surface area (Å²) in [5.74, 6) is 0.345. The van der Waals surface area contributed by atoms with E-state index in [-0.39, 0.29) is 11.5 Å². The zero-order chi connectivity index (χ0) is 22.5. The molecule has 5 heteroatoms. The first-order chi connectivity index (χ1) is 15.6. The Balaban J connectivity index is 1.67. The highest BCUT2D eigenvalue weighted by Crippen LogP contribution is 2.40. The predicted octanol–water partition coefficient (Wildman–Crippen LogP) is 4.72. The molecule has 1 aliphatic carbocycles. The van der Waals surface area contributed by atoms with E-state index in [9.17, 15) is 15.0 Å². The molecule has 0 spiro atoms. The zero-order valence-electron chi connectivity index (χ0n) is 18.6. The van der Waals surface area contributed by atoms with Crippen molar-refractivity contribution in [2.24, 2.45) is 11.8 Å². The molecular formula is C27H33NO4. The van der Waals surface area contributed by atoms with E-state index in [0.29, 0.717) is 12.5 Å². The van der Waals surface area contributed by atoms with Crippen LogP contribution in [0, 0.1) is 11.8 Å². The molecule has 0 bridgehead atoms. The first-order valence-corrected chi connectivity index (χ1v) is 11.7. The van der Waals surface area contributed by atoms with Gasteiger partial charge in [0, 0.05) is 13.1 Å². The number of aliphatic hydroxyl groups is 1. The van der Waals surface area contributed by atoms with E-state index in [4.69, 9.17) is 4.74 Å². The summed E-state index contributed by atoms with van der Waals surface area (Å²) in [7, 11) is 0. The van der Waals surface area contributed by atoms with E-state index < -0.39 is 12.1 Å². The lowest BCUT2D eigenvalue weighted by molar-refractivity contribution is 0.0465. The molecule has 0 saturated heterocycles. The molecule has 0 amide bonds. The number of nitrogens with zero attached hydrogens (tertiary/aromatic N) is 1. The van der Waals surface area contributed by atoms with Crippen LogP contribution in [-0.2, 0) is 12.8 Å². The van der Waals surface area contributed by atoms with Crippen molar-refractivity contribution in [2.45, 2.75) is 44.6 Å². The van der Waals surface area contributed by atoms with Crippen LogP contribution >= 0.6 is 0 Å². The number of benzene rings is 2. The summed E-state index contributed by atoms with van der Waals surface area (Å²) in [5, 5.41) is 19.9. The third kappa shape index (κ3) is 4.99. The molecule has 0 unspecified atom stereocenters. The number of anilines is 1. The van der Waals surface area contributed by atoms with Crippen LogP contribution in [-0.4, -0.2) is 42.0 Å². The topological polar surface area (TPSA) is 70.0 Å². The van der Waals surface area contributed by atoms with Gasteiger partial charge in [-0.1, -0.05) is 30.3 Å². The van der Waals surface area contributed by atoms with Crippen molar-refractivity contribution in [3.63, 3.8) is 0 Å². The largest absolute Gasteiger partial charge is 0.491 e. The Morgan fingerprint density at radius 2 is 1.94 bits per heavy atom. The number of carboxylic acid groups (broad SMARTS) is 1. The maximum Gasteiger partial charge on any atom is 0.335 e. The van der Waals surface area contributed by atoms with Crippen molar-refractivity contribution in [3.8, 4) is 5.75 Å². The molecule has 1 heterocycles. The Kier molecular flexibility index (Phi) is 7.15. The Labute approximate surface area is 190 Å². The fraction of sp³-hybridized carbons (Fsp3) is 0.444. The van der Waals surface area contributed by atoms with E-state index in [2.05, 4.69) is 35.7 Å². The number of aromatic carboxylic acids is 1. The van der Waals surface area contributed by atoms with Crippen LogP contribution in [0.2, 0.25) is 0 Å². The highest BCUT2D eigenvalue weighted by Gasteiger charge is 2.36. The lowest BCUT2D eigenvalue weighted by atomic mass is 9.70. The van der Waals surface area contributed by atoms with Crippen molar-refractivity contribution in [2.75, 3.05) is 24.6 Å². The molecule has 0 radical (unpaired) electrons. The van der Waals surface area contributed by atoms with Crippen LogP contribution < -0.4 is 9.64 Å². The molecule has 1 fully saturated rings. The molecule has 2 N–H and O–H groups in total. The fourth-order valence-corrected chi connectivity index (χ4v) is 4.96. The minimum atomic E-state index is -0.937. The first kappa shape index (κ1) is 22.4. The van der Waals surface area contributed by atoms with Gasteiger partial charge in [-0.25, -0.2) is 4.79 Å². The quantitative estimate of drug-likeness (QED) is 0.665. The Morgan fingerprint density at radius 1 is 1.16 bits per heavy atom. The van der Waals surface area contributed by atoms with Crippen molar-refractivity contribution in [1.29, 1.82) is 0 Å². The number of carboxylic acids is 1. The van der Waals surface area contributed by atoms with Crippen LogP contribution in [0.4, 0.5) is 5.69 Å². The van der Waals surface area contributed by atoms with Gasteiger partial charge in [-0.15, -0.1) is 6.58 Å². The lowest BCUT2D eigenvalue weighted by Crippen LogP contribution is -2.43. The molecular weight excluding hydrogens is 402 g/mol. The van der Waals surface area contributed by atoms with Gasteiger partial charge in [-0.05, 0) is 79.7 Å². The Morgan fingerprint density at radius 3 is 2.62 bits per heavy atom. The first-order valence-electron chi connectivity index (χ1n) is 11.7. The summed E-state index contributed by atoms with van der Waals surface area (Å²) in [4.78, 5) is 14.0. The van der Waals surface area contributed by atoms with Crippen LogP contribution in [0.25, 0.3) is 0 Å². The van der Waals surface area contributed by atoms with Crippen LogP contribution in [0.3, 0.4) is 0 Å². The monoisotopic (exact) mass is 435 g/mol. The van der Waals surface area contributed by atoms with E-state index in [0.717, 1.165) is 63.1 Å². The highest BCUT2D eigenvalue weighted by molar-refractivity contribution is 5.89. The molecule has 32 heavy (non-hydrogen) atoms. The summed E-state index contributed by atoms with van der Waals surface area (Å²) in [6, 6.07) is 13.8. The van der Waals surface area contributed by atoms with E-state index >= 15 is 0 Å². The average molecular weight is 436 g/mol. The predicted molar refractivity (Wildman–Crippen MR) is 127 cm³/mol. The number of aryl methyl sites for hydroxylation is 1. The van der Waals surface area contributed by atoms with Gasteiger partial charge in [-0.3, -0.25) is 0 Å². The van der Waals surface area contributed by atoms with Gasteiger partial charge in [0.05, 0.1) is 24.0 Å². The molecule has 170 valence electrons. The molecule has 1 aliphatic heterocycles. The summed E-state index contributed by atoms with van der Waals surface area (Å²) < 4.78 is 6.14. The van der Waals surface area contributed by atoms with E-state index in [1.54, 1.807) is 24.3 Å².